The summed E-state index contributed by atoms with van der Waals surface area (Å²) in [6, 6.07) is 0. The molecule has 0 saturated heterocycles. The van der Waals surface area contributed by atoms with Crippen molar-refractivity contribution in [3.05, 3.63) is 23.8 Å². The predicted octanol–water partition coefficient (Wildman–Crippen LogP) is 1.77. The number of ether oxygens (including phenoxy) is 3. The highest BCUT2D eigenvalue weighted by Gasteiger charge is 2.29. The van der Waals surface area contributed by atoms with E-state index in [2.05, 4.69) is 0 Å². The summed E-state index contributed by atoms with van der Waals surface area (Å²) in [5.74, 6) is -0.787. The van der Waals surface area contributed by atoms with E-state index < -0.39 is 24.1 Å². The van der Waals surface area contributed by atoms with Gasteiger partial charge >= 0.3 is 11.9 Å². The molecule has 1 rings (SSSR count). The van der Waals surface area contributed by atoms with Crippen LogP contribution in [-0.4, -0.2) is 36.9 Å². The molecule has 0 aromatic rings. The topological polar surface area (TPSA) is 61.8 Å². The van der Waals surface area contributed by atoms with Gasteiger partial charge in [-0.1, -0.05) is 17.7 Å². The van der Waals surface area contributed by atoms with Crippen molar-refractivity contribution in [1.29, 1.82) is 0 Å². The highest BCUT2D eigenvalue weighted by atomic mass is 16.6. The Labute approximate surface area is 113 Å². The number of rotatable bonds is 4. The zero-order valence-corrected chi connectivity index (χ0v) is 11.7. The highest BCUT2D eigenvalue weighted by molar-refractivity contribution is 5.66. The average molecular weight is 268 g/mol. The van der Waals surface area contributed by atoms with E-state index in [9.17, 15) is 9.59 Å². The Balaban J connectivity index is 2.74. The van der Waals surface area contributed by atoms with Crippen molar-refractivity contribution in [2.24, 2.45) is 0 Å². The molecular weight excluding hydrogens is 248 g/mol. The molecule has 0 N–H and O–H groups in total. The van der Waals surface area contributed by atoms with Crippen molar-refractivity contribution < 1.29 is 23.8 Å². The molecule has 1 unspecified atom stereocenters. The summed E-state index contributed by atoms with van der Waals surface area (Å²) < 4.78 is 15.8. The Kier molecular flexibility index (Phi) is 5.76. The van der Waals surface area contributed by atoms with Crippen molar-refractivity contribution in [2.75, 3.05) is 6.61 Å². The summed E-state index contributed by atoms with van der Waals surface area (Å²) in [7, 11) is 0. The lowest BCUT2D eigenvalue weighted by atomic mass is 10.1. The highest BCUT2D eigenvalue weighted by Crippen LogP contribution is 2.18. The lowest BCUT2D eigenvalue weighted by Crippen LogP contribution is -2.41. The molecule has 0 bridgehead atoms. The Morgan fingerprint density at radius 2 is 1.84 bits per heavy atom. The van der Waals surface area contributed by atoms with Crippen LogP contribution in [0.15, 0.2) is 23.8 Å². The minimum atomic E-state index is -0.529. The molecule has 0 spiro atoms. The number of carbonyl (C=O) groups is 2. The zero-order chi connectivity index (χ0) is 14.4. The van der Waals surface area contributed by atoms with Crippen LogP contribution in [0.3, 0.4) is 0 Å². The second kappa shape index (κ2) is 7.09. The first kappa shape index (κ1) is 15.4. The van der Waals surface area contributed by atoms with Crippen molar-refractivity contribution in [3.63, 3.8) is 0 Å². The van der Waals surface area contributed by atoms with Crippen LogP contribution in [0.25, 0.3) is 0 Å². The molecule has 0 aromatic heterocycles. The Hall–Kier alpha value is -1.62. The molecule has 0 aromatic carbocycles. The predicted molar refractivity (Wildman–Crippen MR) is 69.4 cm³/mol. The summed E-state index contributed by atoms with van der Waals surface area (Å²) in [5, 5.41) is 0. The largest absolute Gasteiger partial charge is 0.463 e. The van der Waals surface area contributed by atoms with E-state index in [4.69, 9.17) is 14.2 Å². The van der Waals surface area contributed by atoms with E-state index in [1.165, 1.54) is 13.8 Å². The van der Waals surface area contributed by atoms with Gasteiger partial charge in [-0.05, 0) is 19.9 Å². The first-order valence-corrected chi connectivity index (χ1v) is 6.18. The maximum Gasteiger partial charge on any atom is 0.303 e. The molecule has 0 fully saturated rings. The van der Waals surface area contributed by atoms with Crippen molar-refractivity contribution >= 4 is 11.9 Å². The van der Waals surface area contributed by atoms with Crippen LogP contribution in [0.5, 0.6) is 0 Å². The van der Waals surface area contributed by atoms with Crippen molar-refractivity contribution in [1.82, 2.24) is 0 Å². The summed E-state index contributed by atoms with van der Waals surface area (Å²) in [5.41, 5.74) is 1.12. The second-order valence-corrected chi connectivity index (χ2v) is 4.64. The number of carbonyl (C=O) groups excluding carboxylic acids is 2. The van der Waals surface area contributed by atoms with E-state index in [1.807, 2.05) is 26.0 Å². The molecule has 3 atom stereocenters. The summed E-state index contributed by atoms with van der Waals surface area (Å²) >= 11 is 0. The van der Waals surface area contributed by atoms with E-state index in [1.54, 1.807) is 6.08 Å². The Bertz CT molecular complexity index is 393. The van der Waals surface area contributed by atoms with Gasteiger partial charge in [-0.2, -0.15) is 0 Å². The molecule has 1 aliphatic rings. The van der Waals surface area contributed by atoms with Gasteiger partial charge in [-0.3, -0.25) is 9.59 Å². The number of hydrogen-bond acceptors (Lipinski definition) is 5. The minimum absolute atomic E-state index is 0.0602. The summed E-state index contributed by atoms with van der Waals surface area (Å²) in [6.45, 7) is 6.66. The molecule has 19 heavy (non-hydrogen) atoms. The van der Waals surface area contributed by atoms with Gasteiger partial charge in [0.05, 0.1) is 6.10 Å². The number of allylic oxidation sites excluding steroid dienone is 1. The van der Waals surface area contributed by atoms with Crippen molar-refractivity contribution in [3.8, 4) is 0 Å². The third-order valence-electron chi connectivity index (χ3n) is 2.44. The normalized spacial score (nSPS) is 25.6. The standard InChI is InChI=1S/C14H20O5/c1-9(2)7-12-5-6-13(18-11(4)16)14(19-12)8-17-10(3)15/h5-7,12-14H,8H2,1-4H3/t12?,13-,14+/m0/s1. The summed E-state index contributed by atoms with van der Waals surface area (Å²) in [6.07, 6.45) is 4.32. The van der Waals surface area contributed by atoms with E-state index in [-0.39, 0.29) is 12.7 Å². The van der Waals surface area contributed by atoms with Crippen LogP contribution in [0.4, 0.5) is 0 Å². The van der Waals surface area contributed by atoms with Crippen LogP contribution in [-0.2, 0) is 23.8 Å². The van der Waals surface area contributed by atoms with Crippen LogP contribution in [0.1, 0.15) is 27.7 Å². The fourth-order valence-corrected chi connectivity index (χ4v) is 1.73. The van der Waals surface area contributed by atoms with Gasteiger partial charge in [0.2, 0.25) is 0 Å². The first-order valence-electron chi connectivity index (χ1n) is 6.18. The fraction of sp³-hybridized carbons (Fsp3) is 0.571. The number of esters is 2. The van der Waals surface area contributed by atoms with E-state index in [0.29, 0.717) is 0 Å². The quantitative estimate of drug-likeness (QED) is 0.574. The van der Waals surface area contributed by atoms with Gasteiger partial charge in [0.1, 0.15) is 18.8 Å². The molecule has 0 saturated carbocycles. The van der Waals surface area contributed by atoms with Gasteiger partial charge in [0.15, 0.2) is 0 Å². The fourth-order valence-electron chi connectivity index (χ4n) is 1.73. The van der Waals surface area contributed by atoms with Crippen LogP contribution >= 0.6 is 0 Å². The van der Waals surface area contributed by atoms with Gasteiger partial charge in [-0.15, -0.1) is 0 Å². The third kappa shape index (κ3) is 5.70. The minimum Gasteiger partial charge on any atom is -0.463 e. The van der Waals surface area contributed by atoms with Crippen LogP contribution in [0.2, 0.25) is 0 Å². The molecule has 106 valence electrons. The zero-order valence-electron chi connectivity index (χ0n) is 11.7. The first-order chi connectivity index (χ1) is 8.88. The maximum absolute atomic E-state index is 11.0. The van der Waals surface area contributed by atoms with Gasteiger partial charge in [-0.25, -0.2) is 0 Å². The van der Waals surface area contributed by atoms with Crippen LogP contribution in [0, 0.1) is 0 Å². The van der Waals surface area contributed by atoms with Crippen molar-refractivity contribution in [2.45, 2.75) is 46.0 Å². The number of hydrogen-bond donors (Lipinski definition) is 0. The smallest absolute Gasteiger partial charge is 0.303 e. The van der Waals surface area contributed by atoms with E-state index in [0.717, 1.165) is 5.57 Å². The molecule has 5 nitrogen and oxygen atoms in total. The molecule has 0 radical (unpaired) electrons. The second-order valence-electron chi connectivity index (χ2n) is 4.64. The SMILES string of the molecule is CC(=O)OC[C@H]1OC(C=C(C)C)C=C[C@@H]1OC(C)=O. The Morgan fingerprint density at radius 1 is 1.16 bits per heavy atom. The molecule has 1 aliphatic heterocycles. The Morgan fingerprint density at radius 3 is 2.37 bits per heavy atom. The van der Waals surface area contributed by atoms with Gasteiger partial charge in [0, 0.05) is 13.8 Å². The van der Waals surface area contributed by atoms with Gasteiger partial charge in [0.25, 0.3) is 0 Å². The average Bonchev–Trinajstić information content (AvgIpc) is 2.27. The monoisotopic (exact) mass is 268 g/mol. The molecule has 0 aliphatic carbocycles. The summed E-state index contributed by atoms with van der Waals surface area (Å²) in [4.78, 5) is 21.9. The van der Waals surface area contributed by atoms with E-state index >= 15 is 0 Å². The molecular formula is C14H20O5. The third-order valence-corrected chi connectivity index (χ3v) is 2.44. The van der Waals surface area contributed by atoms with Crippen LogP contribution < -0.4 is 0 Å². The maximum atomic E-state index is 11.0. The lowest BCUT2D eigenvalue weighted by Gasteiger charge is -2.30. The lowest BCUT2D eigenvalue weighted by molar-refractivity contribution is -0.161. The molecule has 0 amide bonds. The molecule has 1 heterocycles. The molecule has 5 heteroatoms. The van der Waals surface area contributed by atoms with Gasteiger partial charge < -0.3 is 14.2 Å².